The molecular weight excluding hydrogens is 268 g/mol. The third-order valence-corrected chi connectivity index (χ3v) is 4.12. The summed E-state index contributed by atoms with van der Waals surface area (Å²) in [4.78, 5) is 1.42. The fourth-order valence-electron chi connectivity index (χ4n) is 1.24. The van der Waals surface area contributed by atoms with Crippen LogP contribution in [0.25, 0.3) is 0 Å². The summed E-state index contributed by atoms with van der Waals surface area (Å²) in [6, 6.07) is 2.18. The lowest BCUT2D eigenvalue weighted by Gasteiger charge is -2.05. The summed E-state index contributed by atoms with van der Waals surface area (Å²) in [6.07, 6.45) is 4.53. The summed E-state index contributed by atoms with van der Waals surface area (Å²) in [6.45, 7) is 2.18. The highest BCUT2D eigenvalue weighted by Gasteiger charge is 2.04. The third-order valence-electron chi connectivity index (χ3n) is 1.93. The first-order valence-electron chi connectivity index (χ1n) is 4.59. The van der Waals surface area contributed by atoms with Crippen LogP contribution < -0.4 is 0 Å². The molecule has 0 N–H and O–H groups in total. The van der Waals surface area contributed by atoms with Gasteiger partial charge in [0.05, 0.1) is 0 Å². The Hall–Kier alpha value is 0.470. The van der Waals surface area contributed by atoms with Gasteiger partial charge in [-0.2, -0.15) is 0 Å². The number of alkyl halides is 1. The predicted octanol–water partition coefficient (Wildman–Crippen LogP) is 4.85. The second-order valence-electron chi connectivity index (χ2n) is 3.16. The van der Waals surface area contributed by atoms with Gasteiger partial charge in [-0.3, -0.25) is 0 Å². The maximum Gasteiger partial charge on any atom is 0.0339 e. The molecule has 0 bridgehead atoms. The first kappa shape index (κ1) is 11.5. The van der Waals surface area contributed by atoms with Crippen LogP contribution in [0.1, 0.15) is 31.1 Å². The number of hydrogen-bond acceptors (Lipinski definition) is 1. The van der Waals surface area contributed by atoms with Crippen LogP contribution in [-0.4, -0.2) is 5.38 Å². The van der Waals surface area contributed by atoms with E-state index in [0.717, 1.165) is 19.3 Å². The SMILES string of the molecule is CCCC(Cl)CCc1cc(Br)cs1. The van der Waals surface area contributed by atoms with Crippen molar-refractivity contribution in [2.45, 2.75) is 38.0 Å². The number of halogens is 2. The smallest absolute Gasteiger partial charge is 0.0339 e. The normalized spacial score (nSPS) is 13.2. The molecule has 1 heterocycles. The molecule has 1 rings (SSSR count). The van der Waals surface area contributed by atoms with Crippen LogP contribution in [-0.2, 0) is 6.42 Å². The molecule has 0 radical (unpaired) electrons. The molecule has 0 aliphatic carbocycles. The van der Waals surface area contributed by atoms with Gasteiger partial charge in [0.25, 0.3) is 0 Å². The number of rotatable bonds is 5. The monoisotopic (exact) mass is 280 g/mol. The fraction of sp³-hybridized carbons (Fsp3) is 0.600. The Kier molecular flexibility index (Phi) is 5.37. The molecular formula is C10H14BrClS. The Morgan fingerprint density at radius 2 is 2.31 bits per heavy atom. The van der Waals surface area contributed by atoms with E-state index in [9.17, 15) is 0 Å². The summed E-state index contributed by atoms with van der Waals surface area (Å²) < 4.78 is 1.19. The van der Waals surface area contributed by atoms with Crippen LogP contribution >= 0.6 is 38.9 Å². The van der Waals surface area contributed by atoms with Gasteiger partial charge in [0.1, 0.15) is 0 Å². The van der Waals surface area contributed by atoms with Gasteiger partial charge in [-0.25, -0.2) is 0 Å². The Morgan fingerprint density at radius 1 is 1.54 bits per heavy atom. The van der Waals surface area contributed by atoms with Crippen LogP contribution in [0.15, 0.2) is 15.9 Å². The van der Waals surface area contributed by atoms with Crippen LogP contribution in [0, 0.1) is 0 Å². The number of hydrogen-bond donors (Lipinski definition) is 0. The minimum Gasteiger partial charge on any atom is -0.148 e. The Morgan fingerprint density at radius 3 is 2.85 bits per heavy atom. The average Bonchev–Trinajstić information content (AvgIpc) is 2.49. The van der Waals surface area contributed by atoms with E-state index in [4.69, 9.17) is 11.6 Å². The lowest BCUT2D eigenvalue weighted by Crippen LogP contribution is -1.98. The molecule has 0 nitrogen and oxygen atoms in total. The molecule has 1 unspecified atom stereocenters. The van der Waals surface area contributed by atoms with Crippen molar-refractivity contribution in [3.63, 3.8) is 0 Å². The second-order valence-corrected chi connectivity index (χ2v) is 5.68. The van der Waals surface area contributed by atoms with Gasteiger partial charge in [-0.1, -0.05) is 13.3 Å². The zero-order valence-electron chi connectivity index (χ0n) is 7.72. The maximum absolute atomic E-state index is 6.13. The van der Waals surface area contributed by atoms with Crippen molar-refractivity contribution in [3.8, 4) is 0 Å². The second kappa shape index (κ2) is 6.05. The molecule has 0 spiro atoms. The van der Waals surface area contributed by atoms with Crippen molar-refractivity contribution in [1.82, 2.24) is 0 Å². The standard InChI is InChI=1S/C10H14BrClS/c1-2-3-9(12)4-5-10-6-8(11)7-13-10/h6-7,9H,2-5H2,1H3. The minimum atomic E-state index is 0.353. The molecule has 0 amide bonds. The number of aryl methyl sites for hydroxylation is 1. The highest BCUT2D eigenvalue weighted by Crippen LogP contribution is 2.22. The Labute approximate surface area is 97.4 Å². The molecule has 1 aromatic rings. The molecule has 0 fully saturated rings. The van der Waals surface area contributed by atoms with Crippen LogP contribution in [0.5, 0.6) is 0 Å². The van der Waals surface area contributed by atoms with Gasteiger partial charge < -0.3 is 0 Å². The zero-order valence-corrected chi connectivity index (χ0v) is 10.9. The summed E-state index contributed by atoms with van der Waals surface area (Å²) in [7, 11) is 0. The molecule has 3 heteroatoms. The van der Waals surface area contributed by atoms with E-state index in [1.165, 1.54) is 15.8 Å². The predicted molar refractivity (Wildman–Crippen MR) is 64.9 cm³/mol. The molecule has 0 aliphatic rings. The summed E-state index contributed by atoms with van der Waals surface area (Å²) in [5.74, 6) is 0. The van der Waals surface area contributed by atoms with E-state index in [1.54, 1.807) is 11.3 Å². The maximum atomic E-state index is 6.13. The largest absolute Gasteiger partial charge is 0.148 e. The van der Waals surface area contributed by atoms with Crippen molar-refractivity contribution in [2.24, 2.45) is 0 Å². The Bertz CT molecular complexity index is 247. The van der Waals surface area contributed by atoms with Crippen molar-refractivity contribution >= 4 is 38.9 Å². The van der Waals surface area contributed by atoms with E-state index in [2.05, 4.69) is 34.3 Å². The third kappa shape index (κ3) is 4.48. The van der Waals surface area contributed by atoms with Crippen LogP contribution in [0.4, 0.5) is 0 Å². The van der Waals surface area contributed by atoms with Gasteiger partial charge in [0.15, 0.2) is 0 Å². The molecule has 1 aromatic heterocycles. The average molecular weight is 282 g/mol. The van der Waals surface area contributed by atoms with Crippen molar-refractivity contribution in [2.75, 3.05) is 0 Å². The van der Waals surface area contributed by atoms with Gasteiger partial charge in [-0.15, -0.1) is 22.9 Å². The lowest BCUT2D eigenvalue weighted by molar-refractivity contribution is 0.679. The van der Waals surface area contributed by atoms with Crippen molar-refractivity contribution < 1.29 is 0 Å². The fourth-order valence-corrected chi connectivity index (χ4v) is 3.04. The van der Waals surface area contributed by atoms with E-state index in [1.807, 2.05) is 0 Å². The quantitative estimate of drug-likeness (QED) is 0.677. The van der Waals surface area contributed by atoms with Gasteiger partial charge in [-0.05, 0) is 41.3 Å². The van der Waals surface area contributed by atoms with E-state index < -0.39 is 0 Å². The molecule has 0 aromatic carbocycles. The summed E-state index contributed by atoms with van der Waals surface area (Å²) in [5.41, 5.74) is 0. The highest BCUT2D eigenvalue weighted by molar-refractivity contribution is 9.10. The van der Waals surface area contributed by atoms with Gasteiger partial charge in [0, 0.05) is 20.1 Å². The van der Waals surface area contributed by atoms with E-state index in [0.29, 0.717) is 5.38 Å². The van der Waals surface area contributed by atoms with E-state index in [-0.39, 0.29) is 0 Å². The molecule has 0 aliphatic heterocycles. The minimum absolute atomic E-state index is 0.353. The Balaban J connectivity index is 2.26. The molecule has 0 saturated heterocycles. The lowest BCUT2D eigenvalue weighted by atomic mass is 10.1. The van der Waals surface area contributed by atoms with Crippen LogP contribution in [0.2, 0.25) is 0 Å². The molecule has 0 saturated carbocycles. The van der Waals surface area contributed by atoms with Gasteiger partial charge >= 0.3 is 0 Å². The van der Waals surface area contributed by atoms with Crippen molar-refractivity contribution in [1.29, 1.82) is 0 Å². The first-order valence-corrected chi connectivity index (χ1v) is 6.70. The first-order chi connectivity index (χ1) is 6.22. The molecule has 13 heavy (non-hydrogen) atoms. The van der Waals surface area contributed by atoms with E-state index >= 15 is 0 Å². The topological polar surface area (TPSA) is 0 Å². The molecule has 1 atom stereocenters. The van der Waals surface area contributed by atoms with Crippen molar-refractivity contribution in [3.05, 3.63) is 20.8 Å². The summed E-state index contributed by atoms with van der Waals surface area (Å²) >= 11 is 11.4. The number of thiophene rings is 1. The molecule has 74 valence electrons. The zero-order chi connectivity index (χ0) is 9.68. The summed E-state index contributed by atoms with van der Waals surface area (Å²) in [5, 5.41) is 2.48. The van der Waals surface area contributed by atoms with Gasteiger partial charge in [0.2, 0.25) is 0 Å². The van der Waals surface area contributed by atoms with Crippen LogP contribution in [0.3, 0.4) is 0 Å². The highest BCUT2D eigenvalue weighted by atomic mass is 79.9.